The monoisotopic (exact) mass is 301 g/mol. The third-order valence-electron chi connectivity index (χ3n) is 3.58. The van der Waals surface area contributed by atoms with Crippen LogP contribution in [-0.2, 0) is 6.54 Å². The molecule has 1 aromatic heterocycles. The van der Waals surface area contributed by atoms with E-state index in [-0.39, 0.29) is 5.56 Å². The van der Waals surface area contributed by atoms with Crippen LogP contribution in [0.15, 0.2) is 55.0 Å². The van der Waals surface area contributed by atoms with Crippen LogP contribution in [0.4, 0.5) is 8.78 Å². The summed E-state index contributed by atoms with van der Waals surface area (Å²) in [4.78, 5) is 8.67. The van der Waals surface area contributed by atoms with Gasteiger partial charge in [0, 0.05) is 43.3 Å². The minimum Gasteiger partial charge on any atom is -0.362 e. The van der Waals surface area contributed by atoms with E-state index in [1.807, 2.05) is 31.6 Å². The van der Waals surface area contributed by atoms with Crippen LogP contribution in [0.3, 0.4) is 0 Å². The van der Waals surface area contributed by atoms with E-state index in [0.29, 0.717) is 11.3 Å². The van der Waals surface area contributed by atoms with Crippen molar-refractivity contribution in [3.63, 3.8) is 0 Å². The maximum Gasteiger partial charge on any atom is 0.263 e. The molecule has 2 heterocycles. The highest BCUT2D eigenvalue weighted by Gasteiger charge is 2.10. The number of alkyl halides is 2. The van der Waals surface area contributed by atoms with Crippen LogP contribution >= 0.6 is 0 Å². The Bertz CT molecular complexity index is 668. The van der Waals surface area contributed by atoms with Gasteiger partial charge in [-0.25, -0.2) is 8.78 Å². The fourth-order valence-electron chi connectivity index (χ4n) is 2.45. The lowest BCUT2D eigenvalue weighted by atomic mass is 10.1. The molecule has 0 aliphatic carbocycles. The van der Waals surface area contributed by atoms with Crippen molar-refractivity contribution in [1.82, 2.24) is 14.8 Å². The molecule has 1 aromatic carbocycles. The smallest absolute Gasteiger partial charge is 0.263 e. The summed E-state index contributed by atoms with van der Waals surface area (Å²) in [5, 5.41) is 0. The van der Waals surface area contributed by atoms with Gasteiger partial charge in [-0.15, -0.1) is 0 Å². The van der Waals surface area contributed by atoms with E-state index in [1.165, 1.54) is 12.1 Å². The van der Waals surface area contributed by atoms with Gasteiger partial charge in [0.15, 0.2) is 0 Å². The Morgan fingerprint density at radius 2 is 2.05 bits per heavy atom. The molecule has 0 spiro atoms. The zero-order chi connectivity index (χ0) is 15.5. The van der Waals surface area contributed by atoms with E-state index >= 15 is 0 Å². The van der Waals surface area contributed by atoms with E-state index < -0.39 is 6.43 Å². The Morgan fingerprint density at radius 3 is 2.68 bits per heavy atom. The molecule has 1 aliphatic rings. The minimum absolute atomic E-state index is 0.0219. The highest BCUT2D eigenvalue weighted by Crippen LogP contribution is 2.24. The summed E-state index contributed by atoms with van der Waals surface area (Å²) >= 11 is 0. The molecule has 0 bridgehead atoms. The molecule has 0 radical (unpaired) electrons. The number of aromatic nitrogens is 1. The molecule has 3 rings (SSSR count). The summed E-state index contributed by atoms with van der Waals surface area (Å²) in [5.74, 6) is 0. The van der Waals surface area contributed by atoms with Gasteiger partial charge in [0.25, 0.3) is 6.43 Å². The van der Waals surface area contributed by atoms with E-state index in [9.17, 15) is 8.78 Å². The second kappa shape index (κ2) is 6.13. The molecule has 0 saturated heterocycles. The first kappa shape index (κ1) is 14.5. The lowest BCUT2D eigenvalue weighted by Gasteiger charge is -2.18. The van der Waals surface area contributed by atoms with Crippen LogP contribution in [0.5, 0.6) is 0 Å². The maximum absolute atomic E-state index is 12.7. The van der Waals surface area contributed by atoms with E-state index in [1.54, 1.807) is 18.3 Å². The zero-order valence-corrected chi connectivity index (χ0v) is 12.3. The van der Waals surface area contributed by atoms with Gasteiger partial charge in [0.05, 0.1) is 12.4 Å². The number of nitrogens with zero attached hydrogens (tertiary/aromatic N) is 3. The summed E-state index contributed by atoms with van der Waals surface area (Å²) in [6, 6.07) is 10.2. The summed E-state index contributed by atoms with van der Waals surface area (Å²) in [6.45, 7) is 1.64. The molecule has 0 atom stereocenters. The molecule has 1 aliphatic heterocycles. The van der Waals surface area contributed by atoms with Crippen molar-refractivity contribution in [1.29, 1.82) is 0 Å². The maximum atomic E-state index is 12.7. The largest absolute Gasteiger partial charge is 0.362 e. The van der Waals surface area contributed by atoms with Crippen LogP contribution in [0.25, 0.3) is 11.3 Å². The number of halogens is 2. The molecule has 5 heteroatoms. The van der Waals surface area contributed by atoms with Gasteiger partial charge in [0.1, 0.15) is 0 Å². The highest BCUT2D eigenvalue weighted by molar-refractivity contribution is 5.60. The molecule has 22 heavy (non-hydrogen) atoms. The van der Waals surface area contributed by atoms with Gasteiger partial charge >= 0.3 is 0 Å². The molecule has 0 saturated carbocycles. The minimum atomic E-state index is -2.46. The summed E-state index contributed by atoms with van der Waals surface area (Å²) in [6.07, 6.45) is 3.41. The topological polar surface area (TPSA) is 19.4 Å². The Hall–Kier alpha value is -2.43. The van der Waals surface area contributed by atoms with Gasteiger partial charge < -0.3 is 9.80 Å². The van der Waals surface area contributed by atoms with Crippen molar-refractivity contribution < 1.29 is 8.78 Å². The molecule has 2 aromatic rings. The molecule has 3 nitrogen and oxygen atoms in total. The SMILES string of the molecule is CN1C=CN(Cc2ccc(-c3cccc(C(F)F)c3)nc2)C1. The fourth-order valence-corrected chi connectivity index (χ4v) is 2.45. The van der Waals surface area contributed by atoms with Crippen LogP contribution in [-0.4, -0.2) is 28.5 Å². The first-order valence-corrected chi connectivity index (χ1v) is 7.08. The van der Waals surface area contributed by atoms with Crippen molar-refractivity contribution >= 4 is 0 Å². The summed E-state index contributed by atoms with van der Waals surface area (Å²) < 4.78 is 25.5. The van der Waals surface area contributed by atoms with Gasteiger partial charge in [-0.1, -0.05) is 24.3 Å². The number of hydrogen-bond acceptors (Lipinski definition) is 3. The zero-order valence-electron chi connectivity index (χ0n) is 12.3. The van der Waals surface area contributed by atoms with E-state index in [4.69, 9.17) is 0 Å². The Morgan fingerprint density at radius 1 is 1.18 bits per heavy atom. The van der Waals surface area contributed by atoms with Crippen molar-refractivity contribution in [2.45, 2.75) is 13.0 Å². The second-order valence-corrected chi connectivity index (χ2v) is 5.42. The first-order valence-electron chi connectivity index (χ1n) is 7.08. The van der Waals surface area contributed by atoms with Crippen molar-refractivity contribution in [3.8, 4) is 11.3 Å². The molecular formula is C17H17F2N3. The van der Waals surface area contributed by atoms with Crippen LogP contribution in [0, 0.1) is 0 Å². The molecule has 114 valence electrons. The van der Waals surface area contributed by atoms with E-state index in [0.717, 1.165) is 18.8 Å². The van der Waals surface area contributed by atoms with E-state index in [2.05, 4.69) is 14.8 Å². The Labute approximate surface area is 128 Å². The summed E-state index contributed by atoms with van der Waals surface area (Å²) in [7, 11) is 2.02. The number of benzene rings is 1. The van der Waals surface area contributed by atoms with Crippen LogP contribution < -0.4 is 0 Å². The van der Waals surface area contributed by atoms with Crippen LogP contribution in [0.2, 0.25) is 0 Å². The van der Waals surface area contributed by atoms with Crippen molar-refractivity contribution in [3.05, 3.63) is 66.1 Å². The molecular weight excluding hydrogens is 284 g/mol. The number of rotatable bonds is 4. The van der Waals surface area contributed by atoms with Crippen molar-refractivity contribution in [2.24, 2.45) is 0 Å². The standard InChI is InChI=1S/C17H17F2N3/c1-21-7-8-22(12-21)11-13-5-6-16(20-10-13)14-3-2-4-15(9-14)17(18)19/h2-10,17H,11-12H2,1H3. The third-order valence-corrected chi connectivity index (χ3v) is 3.58. The van der Waals surface area contributed by atoms with Gasteiger partial charge in [0.2, 0.25) is 0 Å². The molecule has 0 fully saturated rings. The Kier molecular flexibility index (Phi) is 4.04. The number of pyridine rings is 1. The molecule has 0 N–H and O–H groups in total. The fraction of sp³-hybridized carbons (Fsp3) is 0.235. The van der Waals surface area contributed by atoms with Crippen LogP contribution in [0.1, 0.15) is 17.6 Å². The average Bonchev–Trinajstić information content (AvgIpc) is 2.93. The van der Waals surface area contributed by atoms with Crippen molar-refractivity contribution in [2.75, 3.05) is 13.7 Å². The van der Waals surface area contributed by atoms with Gasteiger partial charge in [-0.05, 0) is 17.7 Å². The lowest BCUT2D eigenvalue weighted by molar-refractivity contribution is 0.151. The summed E-state index contributed by atoms with van der Waals surface area (Å²) in [5.41, 5.74) is 2.54. The predicted octanol–water partition coefficient (Wildman–Crippen LogP) is 3.86. The predicted molar refractivity (Wildman–Crippen MR) is 81.9 cm³/mol. The molecule has 0 unspecified atom stereocenters. The third kappa shape index (κ3) is 3.24. The molecule has 0 amide bonds. The highest BCUT2D eigenvalue weighted by atomic mass is 19.3. The lowest BCUT2D eigenvalue weighted by Crippen LogP contribution is -2.21. The second-order valence-electron chi connectivity index (χ2n) is 5.42. The normalized spacial score (nSPS) is 14.2. The first-order chi connectivity index (χ1) is 10.6. The quantitative estimate of drug-likeness (QED) is 0.855. The average molecular weight is 301 g/mol. The van der Waals surface area contributed by atoms with Gasteiger partial charge in [-0.2, -0.15) is 0 Å². The Balaban J connectivity index is 1.74. The number of hydrogen-bond donors (Lipinski definition) is 0. The van der Waals surface area contributed by atoms with Gasteiger partial charge in [-0.3, -0.25) is 4.98 Å².